The first-order valence-electron chi connectivity index (χ1n) is 9.57. The summed E-state index contributed by atoms with van der Waals surface area (Å²) >= 11 is 0. The minimum Gasteiger partial charge on any atom is -0.356 e. The van der Waals surface area contributed by atoms with Gasteiger partial charge < -0.3 is 10.2 Å². The summed E-state index contributed by atoms with van der Waals surface area (Å²) in [5.74, 6) is 1.07. The summed E-state index contributed by atoms with van der Waals surface area (Å²) in [6.45, 7) is 7.99. The van der Waals surface area contributed by atoms with Crippen LogP contribution in [-0.2, 0) is 12.8 Å². The van der Waals surface area contributed by atoms with Gasteiger partial charge >= 0.3 is 0 Å². The smallest absolute Gasteiger partial charge is 0.193 e. The second-order valence-electron chi connectivity index (χ2n) is 7.03. The molecule has 1 N–H and O–H groups in total. The lowest BCUT2D eigenvalue weighted by atomic mass is 10.1. The number of guanidine groups is 1. The highest BCUT2D eigenvalue weighted by atomic mass is 15.3. The van der Waals surface area contributed by atoms with Gasteiger partial charge in [-0.1, -0.05) is 31.2 Å². The van der Waals surface area contributed by atoms with Gasteiger partial charge in [0.15, 0.2) is 5.96 Å². The number of aryl methyl sites for hydroxylation is 1. The van der Waals surface area contributed by atoms with Gasteiger partial charge in [-0.3, -0.25) is 9.89 Å². The average Bonchev–Trinajstić information content (AvgIpc) is 3.30. The van der Waals surface area contributed by atoms with Crippen LogP contribution in [0.3, 0.4) is 0 Å². The molecule has 2 aliphatic heterocycles. The molecule has 132 valence electrons. The molecule has 0 aliphatic carbocycles. The molecular formula is C20H32N4. The van der Waals surface area contributed by atoms with Crippen LogP contribution < -0.4 is 5.32 Å². The lowest BCUT2D eigenvalue weighted by Gasteiger charge is -2.25. The highest BCUT2D eigenvalue weighted by Gasteiger charge is 2.30. The van der Waals surface area contributed by atoms with E-state index >= 15 is 0 Å². The average molecular weight is 329 g/mol. The molecule has 4 nitrogen and oxygen atoms in total. The van der Waals surface area contributed by atoms with Crippen LogP contribution in [0, 0.1) is 0 Å². The SMILES string of the molecule is CCc1ccc(CCNC(=NC)N2CCC(N3CCCC3)C2)cc1. The van der Waals surface area contributed by atoms with Gasteiger partial charge in [0.2, 0.25) is 0 Å². The van der Waals surface area contributed by atoms with E-state index in [0.29, 0.717) is 0 Å². The van der Waals surface area contributed by atoms with Crippen molar-refractivity contribution < 1.29 is 0 Å². The Labute approximate surface area is 146 Å². The van der Waals surface area contributed by atoms with Crippen LogP contribution in [0.4, 0.5) is 0 Å². The van der Waals surface area contributed by atoms with Crippen LogP contribution in [0.5, 0.6) is 0 Å². The summed E-state index contributed by atoms with van der Waals surface area (Å²) in [5, 5.41) is 3.56. The van der Waals surface area contributed by atoms with Gasteiger partial charge in [-0.15, -0.1) is 0 Å². The van der Waals surface area contributed by atoms with E-state index in [9.17, 15) is 0 Å². The molecule has 0 radical (unpaired) electrons. The van der Waals surface area contributed by atoms with Crippen LogP contribution in [0.25, 0.3) is 0 Å². The highest BCUT2D eigenvalue weighted by Crippen LogP contribution is 2.20. The first kappa shape index (κ1) is 17.3. The molecule has 0 spiro atoms. The molecule has 0 bridgehead atoms. The zero-order valence-electron chi connectivity index (χ0n) is 15.3. The van der Waals surface area contributed by atoms with Crippen molar-refractivity contribution in [3.8, 4) is 0 Å². The molecule has 1 unspecified atom stereocenters. The Kier molecular flexibility index (Phi) is 6.13. The molecule has 0 aromatic heterocycles. The molecule has 2 aliphatic rings. The minimum absolute atomic E-state index is 0.729. The van der Waals surface area contributed by atoms with Crippen LogP contribution in [-0.4, -0.2) is 61.6 Å². The van der Waals surface area contributed by atoms with Gasteiger partial charge in [-0.2, -0.15) is 0 Å². The van der Waals surface area contributed by atoms with Crippen molar-refractivity contribution in [2.45, 2.75) is 45.1 Å². The summed E-state index contributed by atoms with van der Waals surface area (Å²) in [6.07, 6.45) is 6.19. The van der Waals surface area contributed by atoms with E-state index in [1.165, 1.54) is 43.5 Å². The molecule has 2 fully saturated rings. The van der Waals surface area contributed by atoms with E-state index < -0.39 is 0 Å². The number of hydrogen-bond donors (Lipinski definition) is 1. The number of nitrogens with one attached hydrogen (secondary N) is 1. The first-order chi connectivity index (χ1) is 11.8. The maximum atomic E-state index is 4.50. The van der Waals surface area contributed by atoms with E-state index in [0.717, 1.165) is 44.5 Å². The van der Waals surface area contributed by atoms with E-state index in [1.807, 2.05) is 7.05 Å². The van der Waals surface area contributed by atoms with Crippen LogP contribution in [0.1, 0.15) is 37.3 Å². The number of likely N-dealkylation sites (tertiary alicyclic amines) is 2. The largest absolute Gasteiger partial charge is 0.356 e. The van der Waals surface area contributed by atoms with Crippen molar-refractivity contribution in [1.29, 1.82) is 0 Å². The van der Waals surface area contributed by atoms with Crippen molar-refractivity contribution in [1.82, 2.24) is 15.1 Å². The fraction of sp³-hybridized carbons (Fsp3) is 0.650. The van der Waals surface area contributed by atoms with E-state index in [2.05, 4.69) is 51.3 Å². The monoisotopic (exact) mass is 328 g/mol. The van der Waals surface area contributed by atoms with Gasteiger partial charge in [-0.05, 0) is 56.3 Å². The lowest BCUT2D eigenvalue weighted by molar-refractivity contribution is 0.249. The summed E-state index contributed by atoms with van der Waals surface area (Å²) in [4.78, 5) is 9.61. The summed E-state index contributed by atoms with van der Waals surface area (Å²) in [6, 6.07) is 9.72. The fourth-order valence-corrected chi connectivity index (χ4v) is 3.93. The summed E-state index contributed by atoms with van der Waals surface area (Å²) < 4.78 is 0. The van der Waals surface area contributed by atoms with Gasteiger partial charge in [0.25, 0.3) is 0 Å². The standard InChI is InChI=1S/C20H32N4/c1-3-17-6-8-18(9-7-17)10-12-22-20(21-2)24-15-11-19(16-24)23-13-4-5-14-23/h6-9,19H,3-5,10-16H2,1-2H3,(H,21,22). The molecule has 1 atom stereocenters. The minimum atomic E-state index is 0.729. The van der Waals surface area contributed by atoms with E-state index in [1.54, 1.807) is 0 Å². The second-order valence-corrected chi connectivity index (χ2v) is 7.03. The van der Waals surface area contributed by atoms with Gasteiger partial charge in [0.05, 0.1) is 0 Å². The normalized spacial score (nSPS) is 22.3. The van der Waals surface area contributed by atoms with Crippen LogP contribution in [0.2, 0.25) is 0 Å². The fourth-order valence-electron chi connectivity index (χ4n) is 3.93. The Bertz CT molecular complexity index is 531. The molecular weight excluding hydrogens is 296 g/mol. The number of hydrogen-bond acceptors (Lipinski definition) is 2. The molecule has 0 amide bonds. The van der Waals surface area contributed by atoms with E-state index in [-0.39, 0.29) is 0 Å². The molecule has 2 heterocycles. The third kappa shape index (κ3) is 4.29. The molecule has 1 aromatic carbocycles. The van der Waals surface area contributed by atoms with E-state index in [4.69, 9.17) is 0 Å². The van der Waals surface area contributed by atoms with Crippen LogP contribution in [0.15, 0.2) is 29.3 Å². The molecule has 2 saturated heterocycles. The van der Waals surface area contributed by atoms with Crippen molar-refractivity contribution in [2.75, 3.05) is 39.8 Å². The van der Waals surface area contributed by atoms with Crippen molar-refractivity contribution >= 4 is 5.96 Å². The maximum Gasteiger partial charge on any atom is 0.193 e. The Morgan fingerprint density at radius 3 is 2.50 bits per heavy atom. The highest BCUT2D eigenvalue weighted by molar-refractivity contribution is 5.80. The molecule has 0 saturated carbocycles. The maximum absolute atomic E-state index is 4.50. The van der Waals surface area contributed by atoms with Gasteiger partial charge in [-0.25, -0.2) is 0 Å². The third-order valence-electron chi connectivity index (χ3n) is 5.46. The number of aliphatic imine (C=N–C) groups is 1. The zero-order chi connectivity index (χ0) is 16.8. The third-order valence-corrected chi connectivity index (χ3v) is 5.46. The number of rotatable bonds is 5. The molecule has 3 rings (SSSR count). The van der Waals surface area contributed by atoms with Crippen molar-refractivity contribution in [3.63, 3.8) is 0 Å². The number of benzene rings is 1. The Morgan fingerprint density at radius 2 is 1.83 bits per heavy atom. The first-order valence-corrected chi connectivity index (χ1v) is 9.57. The lowest BCUT2D eigenvalue weighted by Crippen LogP contribution is -2.43. The summed E-state index contributed by atoms with van der Waals surface area (Å²) in [7, 11) is 1.90. The number of nitrogens with zero attached hydrogens (tertiary/aromatic N) is 3. The van der Waals surface area contributed by atoms with Gasteiger partial charge in [0.1, 0.15) is 0 Å². The Hall–Kier alpha value is -1.55. The van der Waals surface area contributed by atoms with Crippen molar-refractivity contribution in [2.24, 2.45) is 4.99 Å². The quantitative estimate of drug-likeness (QED) is 0.666. The molecule has 24 heavy (non-hydrogen) atoms. The van der Waals surface area contributed by atoms with Crippen LogP contribution >= 0.6 is 0 Å². The summed E-state index contributed by atoms with van der Waals surface area (Å²) in [5.41, 5.74) is 2.80. The zero-order valence-corrected chi connectivity index (χ0v) is 15.3. The predicted molar refractivity (Wildman–Crippen MR) is 102 cm³/mol. The van der Waals surface area contributed by atoms with Gasteiger partial charge in [0, 0.05) is 32.7 Å². The van der Waals surface area contributed by atoms with Crippen molar-refractivity contribution in [3.05, 3.63) is 35.4 Å². The predicted octanol–water partition coefficient (Wildman–Crippen LogP) is 2.54. The Morgan fingerprint density at radius 1 is 1.12 bits per heavy atom. The topological polar surface area (TPSA) is 30.9 Å². The molecule has 1 aromatic rings. The Balaban J connectivity index is 1.44. The molecule has 4 heteroatoms. The second kappa shape index (κ2) is 8.52.